The van der Waals surface area contributed by atoms with Crippen LogP contribution < -0.4 is 0 Å². The van der Waals surface area contributed by atoms with Gasteiger partial charge in [0.2, 0.25) is 0 Å². The van der Waals surface area contributed by atoms with Crippen LogP contribution in [0, 0.1) is 0 Å². The molecule has 1 rings (SSSR count). The summed E-state index contributed by atoms with van der Waals surface area (Å²) >= 11 is 14.7. The number of benzene rings is 1. The lowest BCUT2D eigenvalue weighted by atomic mass is 10.2. The van der Waals surface area contributed by atoms with E-state index < -0.39 is 0 Å². The molecule has 0 bridgehead atoms. The highest BCUT2D eigenvalue weighted by Gasteiger charge is 2.14. The number of amides is 1. The Bertz CT molecular complexity index is 370. The Labute approximate surface area is 107 Å². The molecule has 82 valence electrons. The Morgan fingerprint density at radius 2 is 2.20 bits per heavy atom. The van der Waals surface area contributed by atoms with Crippen LogP contribution in [0.4, 0.5) is 0 Å². The Morgan fingerprint density at radius 1 is 1.53 bits per heavy atom. The number of rotatable bonds is 3. The number of carbonyl (C=O) groups is 1. The second kappa shape index (κ2) is 5.73. The maximum absolute atomic E-state index is 11.9. The second-order valence-corrected chi connectivity index (χ2v) is 4.71. The molecule has 1 aromatic rings. The third-order valence-corrected chi connectivity index (χ3v) is 3.02. The molecule has 15 heavy (non-hydrogen) atoms. The van der Waals surface area contributed by atoms with Crippen LogP contribution in [0.15, 0.2) is 22.7 Å². The van der Waals surface area contributed by atoms with Gasteiger partial charge in [-0.15, -0.1) is 11.6 Å². The Morgan fingerprint density at radius 3 is 2.80 bits per heavy atom. The zero-order chi connectivity index (χ0) is 11.4. The van der Waals surface area contributed by atoms with Crippen LogP contribution in [-0.4, -0.2) is 30.3 Å². The number of hydrogen-bond donors (Lipinski definition) is 0. The van der Waals surface area contributed by atoms with Crippen molar-refractivity contribution in [1.82, 2.24) is 4.90 Å². The van der Waals surface area contributed by atoms with Gasteiger partial charge in [0, 0.05) is 29.0 Å². The van der Waals surface area contributed by atoms with Gasteiger partial charge in [-0.25, -0.2) is 0 Å². The minimum absolute atomic E-state index is 0.0926. The average molecular weight is 311 g/mol. The van der Waals surface area contributed by atoms with Gasteiger partial charge in [0.05, 0.1) is 5.56 Å². The summed E-state index contributed by atoms with van der Waals surface area (Å²) in [5.74, 6) is 0.325. The van der Waals surface area contributed by atoms with Crippen molar-refractivity contribution in [3.63, 3.8) is 0 Å². The van der Waals surface area contributed by atoms with Gasteiger partial charge < -0.3 is 4.90 Å². The van der Waals surface area contributed by atoms with E-state index in [1.54, 1.807) is 30.1 Å². The molecular formula is C10H10BrCl2NO. The summed E-state index contributed by atoms with van der Waals surface area (Å²) in [4.78, 5) is 13.4. The predicted octanol–water partition coefficient (Wildman–Crippen LogP) is 3.41. The minimum atomic E-state index is -0.0926. The molecule has 0 radical (unpaired) electrons. The van der Waals surface area contributed by atoms with Gasteiger partial charge in [-0.2, -0.15) is 0 Å². The molecule has 0 aliphatic heterocycles. The zero-order valence-corrected chi connectivity index (χ0v) is 11.2. The molecule has 0 atom stereocenters. The average Bonchev–Trinajstić information content (AvgIpc) is 2.21. The normalized spacial score (nSPS) is 10.1. The van der Waals surface area contributed by atoms with Crippen LogP contribution in [0.3, 0.4) is 0 Å². The molecule has 0 heterocycles. The highest BCUT2D eigenvalue weighted by Crippen LogP contribution is 2.22. The molecule has 0 N–H and O–H groups in total. The maximum atomic E-state index is 11.9. The summed E-state index contributed by atoms with van der Waals surface area (Å²) in [6.07, 6.45) is 0. The highest BCUT2D eigenvalue weighted by atomic mass is 79.9. The van der Waals surface area contributed by atoms with E-state index in [1.165, 1.54) is 0 Å². The molecule has 0 aromatic heterocycles. The molecule has 5 heteroatoms. The zero-order valence-electron chi connectivity index (χ0n) is 8.14. The van der Waals surface area contributed by atoms with Crippen LogP contribution in [0.25, 0.3) is 0 Å². The van der Waals surface area contributed by atoms with Crippen LogP contribution >= 0.6 is 39.1 Å². The molecular weight excluding hydrogens is 301 g/mol. The molecule has 0 fully saturated rings. The fraction of sp³-hybridized carbons (Fsp3) is 0.300. The lowest BCUT2D eigenvalue weighted by Gasteiger charge is -2.16. The summed E-state index contributed by atoms with van der Waals surface area (Å²) in [6.45, 7) is 0.513. The molecule has 1 amide bonds. The standard InChI is InChI=1S/C10H10BrCl2NO/c1-14(5-4-12)10(15)8-6-7(13)2-3-9(8)11/h2-3,6H,4-5H2,1H3. The van der Waals surface area contributed by atoms with E-state index in [2.05, 4.69) is 15.9 Å². The molecule has 0 aliphatic rings. The van der Waals surface area contributed by atoms with Gasteiger partial charge in [0.1, 0.15) is 0 Å². The quantitative estimate of drug-likeness (QED) is 0.783. The van der Waals surface area contributed by atoms with Crippen molar-refractivity contribution >= 4 is 45.0 Å². The highest BCUT2D eigenvalue weighted by molar-refractivity contribution is 9.10. The Hall–Kier alpha value is -0.250. The van der Waals surface area contributed by atoms with E-state index in [9.17, 15) is 4.79 Å². The summed E-state index contributed by atoms with van der Waals surface area (Å²) in [6, 6.07) is 5.12. The molecule has 0 spiro atoms. The summed E-state index contributed by atoms with van der Waals surface area (Å²) in [7, 11) is 1.71. The first-order valence-electron chi connectivity index (χ1n) is 4.32. The van der Waals surface area contributed by atoms with Gasteiger partial charge in [-0.3, -0.25) is 4.79 Å². The largest absolute Gasteiger partial charge is 0.340 e. The van der Waals surface area contributed by atoms with Crippen molar-refractivity contribution < 1.29 is 4.79 Å². The van der Waals surface area contributed by atoms with Crippen molar-refractivity contribution in [1.29, 1.82) is 0 Å². The number of alkyl halides is 1. The first-order valence-corrected chi connectivity index (χ1v) is 6.03. The molecule has 0 unspecified atom stereocenters. The topological polar surface area (TPSA) is 20.3 Å². The minimum Gasteiger partial charge on any atom is -0.340 e. The van der Waals surface area contributed by atoms with E-state index in [4.69, 9.17) is 23.2 Å². The van der Waals surface area contributed by atoms with Gasteiger partial charge in [-0.1, -0.05) is 11.6 Å². The molecule has 0 saturated heterocycles. The van der Waals surface area contributed by atoms with Crippen molar-refractivity contribution in [2.45, 2.75) is 0 Å². The first kappa shape index (κ1) is 12.8. The SMILES string of the molecule is CN(CCCl)C(=O)c1cc(Cl)ccc1Br. The molecule has 0 saturated carbocycles. The summed E-state index contributed by atoms with van der Waals surface area (Å²) in [5.41, 5.74) is 0.551. The summed E-state index contributed by atoms with van der Waals surface area (Å²) < 4.78 is 0.735. The van der Waals surface area contributed by atoms with E-state index in [0.717, 1.165) is 4.47 Å². The number of carbonyl (C=O) groups excluding carboxylic acids is 1. The Balaban J connectivity index is 2.95. The van der Waals surface area contributed by atoms with Crippen LogP contribution in [0.2, 0.25) is 5.02 Å². The molecule has 1 aromatic carbocycles. The van der Waals surface area contributed by atoms with Gasteiger partial charge >= 0.3 is 0 Å². The van der Waals surface area contributed by atoms with Crippen LogP contribution in [0.1, 0.15) is 10.4 Å². The van der Waals surface area contributed by atoms with Gasteiger partial charge in [0.25, 0.3) is 5.91 Å². The van der Waals surface area contributed by atoms with Crippen LogP contribution in [0.5, 0.6) is 0 Å². The van der Waals surface area contributed by atoms with Crippen LogP contribution in [-0.2, 0) is 0 Å². The van der Waals surface area contributed by atoms with Crippen molar-refractivity contribution in [3.05, 3.63) is 33.3 Å². The molecule has 2 nitrogen and oxygen atoms in total. The van der Waals surface area contributed by atoms with E-state index in [-0.39, 0.29) is 5.91 Å². The molecule has 0 aliphatic carbocycles. The summed E-state index contributed by atoms with van der Waals surface area (Å²) in [5, 5.41) is 0.542. The fourth-order valence-electron chi connectivity index (χ4n) is 1.10. The lowest BCUT2D eigenvalue weighted by Crippen LogP contribution is -2.28. The van der Waals surface area contributed by atoms with Crippen molar-refractivity contribution in [2.24, 2.45) is 0 Å². The monoisotopic (exact) mass is 309 g/mol. The Kier molecular flexibility index (Phi) is 4.90. The number of halogens is 3. The van der Waals surface area contributed by atoms with E-state index >= 15 is 0 Å². The van der Waals surface area contributed by atoms with Gasteiger partial charge in [0.15, 0.2) is 0 Å². The number of nitrogens with zero attached hydrogens (tertiary/aromatic N) is 1. The third-order valence-electron chi connectivity index (χ3n) is 1.93. The van der Waals surface area contributed by atoms with Crippen molar-refractivity contribution in [3.8, 4) is 0 Å². The maximum Gasteiger partial charge on any atom is 0.254 e. The smallest absolute Gasteiger partial charge is 0.254 e. The predicted molar refractivity (Wildman–Crippen MR) is 66.8 cm³/mol. The van der Waals surface area contributed by atoms with Gasteiger partial charge in [-0.05, 0) is 34.1 Å². The lowest BCUT2D eigenvalue weighted by molar-refractivity contribution is 0.0802. The fourth-order valence-corrected chi connectivity index (χ4v) is 1.94. The second-order valence-electron chi connectivity index (χ2n) is 3.04. The third kappa shape index (κ3) is 3.37. The van der Waals surface area contributed by atoms with Crippen molar-refractivity contribution in [2.75, 3.05) is 19.5 Å². The van der Waals surface area contributed by atoms with E-state index in [0.29, 0.717) is 23.0 Å². The van der Waals surface area contributed by atoms with E-state index in [1.807, 2.05) is 0 Å². The first-order chi connectivity index (χ1) is 7.06. The number of hydrogen-bond acceptors (Lipinski definition) is 1.